The fourth-order valence-electron chi connectivity index (χ4n) is 2.38. The van der Waals surface area contributed by atoms with Crippen molar-refractivity contribution >= 4 is 0 Å². The van der Waals surface area contributed by atoms with Gasteiger partial charge in [0, 0.05) is 12.6 Å². The summed E-state index contributed by atoms with van der Waals surface area (Å²) in [5.41, 5.74) is 0.209. The van der Waals surface area contributed by atoms with Crippen LogP contribution in [0.3, 0.4) is 0 Å². The molecule has 76 valence electrons. The average Bonchev–Trinajstić information content (AvgIpc) is 2.00. The van der Waals surface area contributed by atoms with E-state index in [1.807, 2.05) is 0 Å². The molecule has 0 aromatic rings. The van der Waals surface area contributed by atoms with E-state index in [2.05, 4.69) is 26.1 Å². The summed E-state index contributed by atoms with van der Waals surface area (Å²) >= 11 is 0. The van der Waals surface area contributed by atoms with Crippen LogP contribution in [0.15, 0.2) is 0 Å². The lowest BCUT2D eigenvalue weighted by atomic mass is 9.74. The van der Waals surface area contributed by atoms with Crippen molar-refractivity contribution in [2.24, 2.45) is 5.41 Å². The lowest BCUT2D eigenvalue weighted by molar-refractivity contribution is -0.250. The highest BCUT2D eigenvalue weighted by Crippen LogP contribution is 2.37. The van der Waals surface area contributed by atoms with Crippen molar-refractivity contribution in [3.63, 3.8) is 0 Å². The van der Waals surface area contributed by atoms with Crippen LogP contribution < -0.4 is 5.32 Å². The third-order valence-electron chi connectivity index (χ3n) is 2.92. The van der Waals surface area contributed by atoms with Crippen LogP contribution >= 0.6 is 0 Å². The van der Waals surface area contributed by atoms with Crippen LogP contribution in [0.4, 0.5) is 0 Å². The van der Waals surface area contributed by atoms with Gasteiger partial charge >= 0.3 is 0 Å². The van der Waals surface area contributed by atoms with Crippen LogP contribution in [0.25, 0.3) is 0 Å². The third-order valence-corrected chi connectivity index (χ3v) is 2.92. The lowest BCUT2D eigenvalue weighted by Crippen LogP contribution is -2.71. The molecule has 1 spiro atoms. The van der Waals surface area contributed by atoms with Gasteiger partial charge in [-0.1, -0.05) is 20.8 Å². The molecular formula is C10H19NO2. The van der Waals surface area contributed by atoms with E-state index in [-0.39, 0.29) is 11.0 Å². The van der Waals surface area contributed by atoms with Crippen LogP contribution in [0, 0.1) is 5.41 Å². The first kappa shape index (κ1) is 9.44. The largest absolute Gasteiger partial charge is 0.375 e. The monoisotopic (exact) mass is 185 g/mol. The number of hydrogen-bond acceptors (Lipinski definition) is 3. The highest BCUT2D eigenvalue weighted by molar-refractivity contribution is 5.05. The predicted molar refractivity (Wildman–Crippen MR) is 50.7 cm³/mol. The van der Waals surface area contributed by atoms with Gasteiger partial charge in [-0.05, 0) is 5.41 Å². The molecule has 0 aromatic carbocycles. The molecule has 3 heteroatoms. The molecule has 3 nitrogen and oxygen atoms in total. The molecule has 2 aliphatic rings. The standard InChI is InChI=1S/C10H19NO2/c1-9(2,3)8-10(6-12-7-10)13-5-4-11-8/h8,11H,4-7H2,1-3H3. The molecular weight excluding hydrogens is 166 g/mol. The van der Waals surface area contributed by atoms with Crippen molar-refractivity contribution in [2.45, 2.75) is 32.4 Å². The zero-order valence-corrected chi connectivity index (χ0v) is 8.72. The molecule has 2 aliphatic heterocycles. The highest BCUT2D eigenvalue weighted by Gasteiger charge is 2.52. The van der Waals surface area contributed by atoms with Crippen molar-refractivity contribution in [3.05, 3.63) is 0 Å². The average molecular weight is 185 g/mol. The van der Waals surface area contributed by atoms with Gasteiger partial charge in [0.15, 0.2) is 0 Å². The van der Waals surface area contributed by atoms with Crippen LogP contribution in [-0.2, 0) is 9.47 Å². The van der Waals surface area contributed by atoms with E-state index in [4.69, 9.17) is 9.47 Å². The predicted octanol–water partition coefficient (Wildman–Crippen LogP) is 0.790. The Morgan fingerprint density at radius 3 is 2.38 bits per heavy atom. The summed E-state index contributed by atoms with van der Waals surface area (Å²) in [7, 11) is 0. The van der Waals surface area contributed by atoms with E-state index in [9.17, 15) is 0 Å². The summed E-state index contributed by atoms with van der Waals surface area (Å²) in [6.45, 7) is 10.0. The second-order valence-electron chi connectivity index (χ2n) is 5.16. The summed E-state index contributed by atoms with van der Waals surface area (Å²) in [4.78, 5) is 0. The molecule has 2 heterocycles. The van der Waals surface area contributed by atoms with Gasteiger partial charge < -0.3 is 14.8 Å². The molecule has 0 aromatic heterocycles. The first-order chi connectivity index (χ1) is 6.05. The first-order valence-corrected chi connectivity index (χ1v) is 5.00. The first-order valence-electron chi connectivity index (χ1n) is 5.00. The second-order valence-corrected chi connectivity index (χ2v) is 5.16. The Morgan fingerprint density at radius 2 is 2.00 bits per heavy atom. The fraction of sp³-hybridized carbons (Fsp3) is 1.00. The molecule has 2 fully saturated rings. The molecule has 13 heavy (non-hydrogen) atoms. The molecule has 2 saturated heterocycles. The van der Waals surface area contributed by atoms with Crippen molar-refractivity contribution in [3.8, 4) is 0 Å². The van der Waals surface area contributed by atoms with Gasteiger partial charge in [0.1, 0.15) is 5.60 Å². The van der Waals surface area contributed by atoms with Gasteiger partial charge in [0.25, 0.3) is 0 Å². The van der Waals surface area contributed by atoms with Crippen molar-refractivity contribution < 1.29 is 9.47 Å². The van der Waals surface area contributed by atoms with E-state index in [1.54, 1.807) is 0 Å². The molecule has 0 bridgehead atoms. The Hall–Kier alpha value is -0.120. The van der Waals surface area contributed by atoms with Gasteiger partial charge in [0.2, 0.25) is 0 Å². The van der Waals surface area contributed by atoms with E-state index in [1.165, 1.54) is 0 Å². The van der Waals surface area contributed by atoms with Crippen LogP contribution in [0.5, 0.6) is 0 Å². The van der Waals surface area contributed by atoms with E-state index >= 15 is 0 Å². The molecule has 1 N–H and O–H groups in total. The van der Waals surface area contributed by atoms with Gasteiger partial charge in [-0.2, -0.15) is 0 Å². The zero-order chi connectivity index (χ0) is 9.53. The van der Waals surface area contributed by atoms with E-state index in [0.29, 0.717) is 6.04 Å². The van der Waals surface area contributed by atoms with Gasteiger partial charge in [-0.25, -0.2) is 0 Å². The molecule has 1 unspecified atom stereocenters. The maximum atomic E-state index is 5.85. The molecule has 1 atom stereocenters. The lowest BCUT2D eigenvalue weighted by Gasteiger charge is -2.54. The minimum atomic E-state index is -0.0312. The van der Waals surface area contributed by atoms with Crippen molar-refractivity contribution in [1.82, 2.24) is 5.32 Å². The summed E-state index contributed by atoms with van der Waals surface area (Å²) < 4.78 is 11.1. The maximum Gasteiger partial charge on any atom is 0.130 e. The topological polar surface area (TPSA) is 30.5 Å². The molecule has 0 amide bonds. The van der Waals surface area contributed by atoms with Crippen LogP contribution in [-0.4, -0.2) is 38.0 Å². The van der Waals surface area contributed by atoms with E-state index in [0.717, 1.165) is 26.4 Å². The van der Waals surface area contributed by atoms with Gasteiger partial charge in [0.05, 0.1) is 19.8 Å². The van der Waals surface area contributed by atoms with Crippen molar-refractivity contribution in [1.29, 1.82) is 0 Å². The zero-order valence-electron chi connectivity index (χ0n) is 8.72. The van der Waals surface area contributed by atoms with Gasteiger partial charge in [-0.15, -0.1) is 0 Å². The molecule has 0 saturated carbocycles. The quantitative estimate of drug-likeness (QED) is 0.605. The highest BCUT2D eigenvalue weighted by atomic mass is 16.6. The smallest absolute Gasteiger partial charge is 0.130 e. The number of morpholine rings is 1. The minimum absolute atomic E-state index is 0.0312. The molecule has 0 aliphatic carbocycles. The van der Waals surface area contributed by atoms with Gasteiger partial charge in [-0.3, -0.25) is 0 Å². The summed E-state index contributed by atoms with van der Waals surface area (Å²) in [5, 5.41) is 3.55. The van der Waals surface area contributed by atoms with Crippen LogP contribution in [0.2, 0.25) is 0 Å². The summed E-state index contributed by atoms with van der Waals surface area (Å²) in [6.07, 6.45) is 0. The Morgan fingerprint density at radius 1 is 1.31 bits per heavy atom. The fourth-order valence-corrected chi connectivity index (χ4v) is 2.38. The third kappa shape index (κ3) is 1.49. The Labute approximate surface area is 79.8 Å². The molecule has 2 rings (SSSR count). The Balaban J connectivity index is 2.14. The van der Waals surface area contributed by atoms with Crippen LogP contribution in [0.1, 0.15) is 20.8 Å². The number of rotatable bonds is 0. The number of ether oxygens (including phenoxy) is 2. The maximum absolute atomic E-state index is 5.85. The van der Waals surface area contributed by atoms with E-state index < -0.39 is 0 Å². The summed E-state index contributed by atoms with van der Waals surface area (Å²) in [5.74, 6) is 0. The number of nitrogens with one attached hydrogen (secondary N) is 1. The Bertz CT molecular complexity index is 194. The SMILES string of the molecule is CC(C)(C)C1NCCOC12COC2. The van der Waals surface area contributed by atoms with Crippen molar-refractivity contribution in [2.75, 3.05) is 26.4 Å². The Kier molecular flexibility index (Phi) is 2.13. The number of hydrogen-bond donors (Lipinski definition) is 1. The summed E-state index contributed by atoms with van der Waals surface area (Å²) in [6, 6.07) is 0.419. The minimum Gasteiger partial charge on any atom is -0.375 e. The second kappa shape index (κ2) is 2.94. The normalized spacial score (nSPS) is 33.0. The molecule has 0 radical (unpaired) electrons.